The molecule has 1 fully saturated rings. The van der Waals surface area contributed by atoms with Crippen LogP contribution in [0.5, 0.6) is 0 Å². The Morgan fingerprint density at radius 3 is 2.52 bits per heavy atom. The van der Waals surface area contributed by atoms with Gasteiger partial charge in [-0.1, -0.05) is 32.0 Å². The van der Waals surface area contributed by atoms with E-state index in [0.29, 0.717) is 5.69 Å². The number of benzene rings is 2. The molecule has 0 bridgehead atoms. The number of H-pyrrole nitrogens is 1. The lowest BCUT2D eigenvalue weighted by molar-refractivity contribution is 0.0280. The number of aromatic amines is 1. The number of hydrogen-bond acceptors (Lipinski definition) is 3. The fraction of sp³-hybridized carbons (Fsp3) is 0.364. The highest BCUT2D eigenvalue weighted by molar-refractivity contribution is 5.98. The van der Waals surface area contributed by atoms with Crippen LogP contribution >= 0.6 is 0 Å². The van der Waals surface area contributed by atoms with E-state index in [1.54, 1.807) is 12.5 Å². The summed E-state index contributed by atoms with van der Waals surface area (Å²) in [5.41, 5.74) is 0.968. The molecule has 2 aromatic carbocycles. The Morgan fingerprint density at radius 2 is 1.85 bits per heavy atom. The van der Waals surface area contributed by atoms with Crippen LogP contribution < -0.4 is 0 Å². The molecule has 1 aliphatic heterocycles. The van der Waals surface area contributed by atoms with Gasteiger partial charge >= 0.3 is 0 Å². The van der Waals surface area contributed by atoms with Crippen LogP contribution in [0.25, 0.3) is 10.8 Å². The minimum absolute atomic E-state index is 0.0470. The van der Waals surface area contributed by atoms with Gasteiger partial charge in [0, 0.05) is 24.8 Å². The molecule has 0 saturated carbocycles. The SMILES string of the molecule is CC(C)C(O)(c1ccc2cc(C(=O)N3CCCC3)ccc2c1)c1c[nH]cn1. The third-order valence-electron chi connectivity index (χ3n) is 5.64. The van der Waals surface area contributed by atoms with Gasteiger partial charge in [0.05, 0.1) is 12.0 Å². The molecule has 1 saturated heterocycles. The summed E-state index contributed by atoms with van der Waals surface area (Å²) < 4.78 is 0. The molecule has 5 nitrogen and oxygen atoms in total. The molecule has 1 atom stereocenters. The minimum atomic E-state index is -1.17. The zero-order chi connectivity index (χ0) is 19.0. The number of aliphatic hydroxyl groups is 1. The maximum Gasteiger partial charge on any atom is 0.253 e. The molecule has 5 heteroatoms. The maximum atomic E-state index is 12.6. The Hall–Kier alpha value is -2.66. The summed E-state index contributed by atoms with van der Waals surface area (Å²) in [5, 5.41) is 13.4. The van der Waals surface area contributed by atoms with Crippen LogP contribution in [-0.4, -0.2) is 39.0 Å². The van der Waals surface area contributed by atoms with Crippen molar-refractivity contribution in [2.75, 3.05) is 13.1 Å². The quantitative estimate of drug-likeness (QED) is 0.743. The largest absolute Gasteiger partial charge is 0.378 e. The van der Waals surface area contributed by atoms with Crippen LogP contribution in [0, 0.1) is 5.92 Å². The van der Waals surface area contributed by atoms with Crippen molar-refractivity contribution in [1.29, 1.82) is 0 Å². The molecular formula is C22H25N3O2. The number of amides is 1. The highest BCUT2D eigenvalue weighted by Crippen LogP contribution is 2.36. The second kappa shape index (κ2) is 6.82. The first-order chi connectivity index (χ1) is 13.0. The molecule has 0 spiro atoms. The average molecular weight is 363 g/mol. The first-order valence-electron chi connectivity index (χ1n) is 9.55. The number of rotatable bonds is 4. The number of imidazole rings is 1. The van der Waals surface area contributed by atoms with Crippen LogP contribution in [0.15, 0.2) is 48.9 Å². The molecular weight excluding hydrogens is 338 g/mol. The minimum Gasteiger partial charge on any atom is -0.378 e. The summed E-state index contributed by atoms with van der Waals surface area (Å²) in [4.78, 5) is 21.8. The highest BCUT2D eigenvalue weighted by atomic mass is 16.3. The molecule has 0 radical (unpaired) electrons. The number of aromatic nitrogens is 2. The molecule has 1 unspecified atom stereocenters. The predicted octanol–water partition coefficient (Wildman–Crippen LogP) is 3.69. The number of nitrogens with one attached hydrogen (secondary N) is 1. The molecule has 1 aromatic heterocycles. The normalized spacial score (nSPS) is 16.8. The molecule has 1 aliphatic rings. The van der Waals surface area contributed by atoms with Gasteiger partial charge in [0.2, 0.25) is 0 Å². The molecule has 27 heavy (non-hydrogen) atoms. The number of fused-ring (bicyclic) bond motifs is 1. The summed E-state index contributed by atoms with van der Waals surface area (Å²) in [6.45, 7) is 5.66. The average Bonchev–Trinajstić information content (AvgIpc) is 3.39. The third-order valence-corrected chi connectivity index (χ3v) is 5.64. The van der Waals surface area contributed by atoms with Crippen LogP contribution in [0.3, 0.4) is 0 Å². The lowest BCUT2D eigenvalue weighted by atomic mass is 9.80. The number of carbonyl (C=O) groups excluding carboxylic acids is 1. The molecule has 3 aromatic rings. The van der Waals surface area contributed by atoms with Crippen LogP contribution in [0.4, 0.5) is 0 Å². The first-order valence-corrected chi connectivity index (χ1v) is 9.55. The Bertz CT molecular complexity index is 959. The molecule has 0 aliphatic carbocycles. The van der Waals surface area contributed by atoms with Crippen molar-refractivity contribution in [2.45, 2.75) is 32.3 Å². The van der Waals surface area contributed by atoms with E-state index in [4.69, 9.17) is 0 Å². The standard InChI is InChI=1S/C22H25N3O2/c1-15(2)22(27,20-13-23-14-24-20)19-8-7-16-11-18(6-5-17(16)12-19)21(26)25-9-3-4-10-25/h5-8,11-15,27H,3-4,9-10H2,1-2H3,(H,23,24). The van der Waals surface area contributed by atoms with E-state index < -0.39 is 5.60 Å². The summed E-state index contributed by atoms with van der Waals surface area (Å²) in [5.74, 6) is 0.0583. The van der Waals surface area contributed by atoms with Crippen molar-refractivity contribution in [2.24, 2.45) is 5.92 Å². The van der Waals surface area contributed by atoms with Gasteiger partial charge in [-0.3, -0.25) is 4.79 Å². The van der Waals surface area contributed by atoms with Gasteiger partial charge in [-0.2, -0.15) is 0 Å². The summed E-state index contributed by atoms with van der Waals surface area (Å²) in [6.07, 6.45) is 5.50. The number of nitrogens with zero attached hydrogens (tertiary/aromatic N) is 2. The summed E-state index contributed by atoms with van der Waals surface area (Å²) in [7, 11) is 0. The van der Waals surface area contributed by atoms with E-state index >= 15 is 0 Å². The fourth-order valence-corrected chi connectivity index (χ4v) is 3.96. The van der Waals surface area contributed by atoms with Crippen molar-refractivity contribution in [3.63, 3.8) is 0 Å². The van der Waals surface area contributed by atoms with Crippen LogP contribution in [0.2, 0.25) is 0 Å². The zero-order valence-electron chi connectivity index (χ0n) is 15.8. The van der Waals surface area contributed by atoms with Gasteiger partial charge < -0.3 is 15.0 Å². The topological polar surface area (TPSA) is 69.2 Å². The van der Waals surface area contributed by atoms with Crippen molar-refractivity contribution in [1.82, 2.24) is 14.9 Å². The summed E-state index contributed by atoms with van der Waals surface area (Å²) in [6, 6.07) is 11.7. The van der Waals surface area contributed by atoms with E-state index in [-0.39, 0.29) is 11.8 Å². The second-order valence-corrected chi connectivity index (χ2v) is 7.65. The van der Waals surface area contributed by atoms with Crippen molar-refractivity contribution < 1.29 is 9.90 Å². The lowest BCUT2D eigenvalue weighted by Crippen LogP contribution is -2.33. The number of carbonyl (C=O) groups is 1. The van der Waals surface area contributed by atoms with Gasteiger partial charge in [-0.05, 0) is 53.3 Å². The Balaban J connectivity index is 1.72. The van der Waals surface area contributed by atoms with Crippen LogP contribution in [-0.2, 0) is 5.60 Å². The third kappa shape index (κ3) is 3.02. The Labute approximate surface area is 159 Å². The van der Waals surface area contributed by atoms with Crippen molar-refractivity contribution in [3.05, 3.63) is 65.7 Å². The van der Waals surface area contributed by atoms with E-state index in [0.717, 1.165) is 47.8 Å². The summed E-state index contributed by atoms with van der Waals surface area (Å²) >= 11 is 0. The van der Waals surface area contributed by atoms with Crippen LogP contribution in [0.1, 0.15) is 48.3 Å². The van der Waals surface area contributed by atoms with E-state index in [1.165, 1.54) is 0 Å². The first kappa shape index (κ1) is 17.7. The lowest BCUT2D eigenvalue weighted by Gasteiger charge is -2.31. The van der Waals surface area contributed by atoms with Gasteiger partial charge in [0.15, 0.2) is 0 Å². The van der Waals surface area contributed by atoms with Gasteiger partial charge in [0.25, 0.3) is 5.91 Å². The molecule has 1 amide bonds. The van der Waals surface area contributed by atoms with Crippen molar-refractivity contribution in [3.8, 4) is 0 Å². The van der Waals surface area contributed by atoms with Gasteiger partial charge in [-0.25, -0.2) is 4.98 Å². The van der Waals surface area contributed by atoms with Crippen molar-refractivity contribution >= 4 is 16.7 Å². The maximum absolute atomic E-state index is 12.6. The smallest absolute Gasteiger partial charge is 0.253 e. The molecule has 140 valence electrons. The van der Waals surface area contributed by atoms with Gasteiger partial charge in [-0.15, -0.1) is 0 Å². The Kier molecular flexibility index (Phi) is 4.48. The van der Waals surface area contributed by atoms with Gasteiger partial charge in [0.1, 0.15) is 5.60 Å². The van der Waals surface area contributed by atoms with E-state index in [2.05, 4.69) is 9.97 Å². The zero-order valence-corrected chi connectivity index (χ0v) is 15.8. The van der Waals surface area contributed by atoms with E-state index in [9.17, 15) is 9.90 Å². The number of likely N-dealkylation sites (tertiary alicyclic amines) is 1. The Morgan fingerprint density at radius 1 is 1.15 bits per heavy atom. The number of hydrogen-bond donors (Lipinski definition) is 2. The van der Waals surface area contributed by atoms with E-state index in [1.807, 2.05) is 55.1 Å². The molecule has 2 heterocycles. The monoisotopic (exact) mass is 363 g/mol. The molecule has 2 N–H and O–H groups in total. The second-order valence-electron chi connectivity index (χ2n) is 7.65. The highest BCUT2D eigenvalue weighted by Gasteiger charge is 2.37. The molecule has 4 rings (SSSR count). The fourth-order valence-electron chi connectivity index (χ4n) is 3.96. The predicted molar refractivity (Wildman–Crippen MR) is 106 cm³/mol.